The first-order valence-corrected chi connectivity index (χ1v) is 6.32. The second-order valence-electron chi connectivity index (χ2n) is 3.88. The van der Waals surface area contributed by atoms with Crippen molar-refractivity contribution in [2.75, 3.05) is 20.7 Å². The molecular formula is C13H19ClN2O2. The van der Waals surface area contributed by atoms with Crippen molar-refractivity contribution in [1.29, 1.82) is 0 Å². The summed E-state index contributed by atoms with van der Waals surface area (Å²) in [4.78, 5) is 11.1. The fourth-order valence-corrected chi connectivity index (χ4v) is 1.83. The second kappa shape index (κ2) is 7.95. The van der Waals surface area contributed by atoms with Crippen LogP contribution in [0.25, 0.3) is 0 Å². The van der Waals surface area contributed by atoms with Crippen LogP contribution in [0.5, 0.6) is 5.75 Å². The Morgan fingerprint density at radius 1 is 1.39 bits per heavy atom. The Hall–Kier alpha value is -1.26. The van der Waals surface area contributed by atoms with Crippen LogP contribution in [-0.2, 0) is 11.3 Å². The number of ether oxygens (including phenoxy) is 1. The van der Waals surface area contributed by atoms with E-state index in [1.54, 1.807) is 13.1 Å². The molecule has 0 aromatic heterocycles. The zero-order chi connectivity index (χ0) is 13.4. The molecule has 0 radical (unpaired) electrons. The quantitative estimate of drug-likeness (QED) is 0.745. The Morgan fingerprint density at radius 2 is 2.17 bits per heavy atom. The molecule has 100 valence electrons. The van der Waals surface area contributed by atoms with Crippen LogP contribution in [0.4, 0.5) is 0 Å². The molecule has 0 aliphatic rings. The van der Waals surface area contributed by atoms with Gasteiger partial charge >= 0.3 is 0 Å². The number of para-hydroxylation sites is 1. The predicted octanol–water partition coefficient (Wildman–Crippen LogP) is 1.96. The summed E-state index contributed by atoms with van der Waals surface area (Å²) < 4.78 is 5.66. The van der Waals surface area contributed by atoms with E-state index in [1.807, 2.05) is 19.2 Å². The monoisotopic (exact) mass is 270 g/mol. The van der Waals surface area contributed by atoms with Crippen molar-refractivity contribution < 1.29 is 9.53 Å². The predicted molar refractivity (Wildman–Crippen MR) is 73.0 cm³/mol. The van der Waals surface area contributed by atoms with Crippen molar-refractivity contribution in [3.05, 3.63) is 28.8 Å². The summed E-state index contributed by atoms with van der Waals surface area (Å²) in [6.45, 7) is 1.18. The van der Waals surface area contributed by atoms with Gasteiger partial charge in [0.15, 0.2) is 0 Å². The largest absolute Gasteiger partial charge is 0.492 e. The molecule has 0 heterocycles. The van der Waals surface area contributed by atoms with E-state index in [0.29, 0.717) is 36.8 Å². The molecule has 5 heteroatoms. The van der Waals surface area contributed by atoms with Crippen molar-refractivity contribution in [3.63, 3.8) is 0 Å². The lowest BCUT2D eigenvalue weighted by atomic mass is 10.2. The number of rotatable bonds is 7. The number of amides is 1. The van der Waals surface area contributed by atoms with E-state index in [4.69, 9.17) is 16.3 Å². The third-order valence-corrected chi connectivity index (χ3v) is 2.79. The summed E-state index contributed by atoms with van der Waals surface area (Å²) in [5.74, 6) is 0.721. The fraction of sp³-hybridized carbons (Fsp3) is 0.462. The third-order valence-electron chi connectivity index (χ3n) is 2.49. The molecule has 0 saturated heterocycles. The van der Waals surface area contributed by atoms with Gasteiger partial charge in [0.1, 0.15) is 5.75 Å². The number of carbonyl (C=O) groups excluding carboxylic acids is 1. The lowest BCUT2D eigenvalue weighted by Crippen LogP contribution is -2.18. The molecule has 1 aromatic rings. The Morgan fingerprint density at radius 3 is 2.83 bits per heavy atom. The van der Waals surface area contributed by atoms with Gasteiger partial charge in [-0.25, -0.2) is 0 Å². The molecule has 0 spiro atoms. The average Bonchev–Trinajstić information content (AvgIpc) is 2.37. The summed E-state index contributed by atoms with van der Waals surface area (Å²) >= 11 is 6.10. The van der Waals surface area contributed by atoms with Crippen LogP contribution < -0.4 is 15.4 Å². The highest BCUT2D eigenvalue weighted by atomic mass is 35.5. The normalized spacial score (nSPS) is 10.2. The summed E-state index contributed by atoms with van der Waals surface area (Å²) in [5.41, 5.74) is 1.02. The molecular weight excluding hydrogens is 252 g/mol. The topological polar surface area (TPSA) is 50.4 Å². The van der Waals surface area contributed by atoms with E-state index in [9.17, 15) is 4.79 Å². The number of carbonyl (C=O) groups is 1. The SMILES string of the molecule is CNCc1cccc(Cl)c1OCCCC(=O)NC. The molecule has 4 nitrogen and oxygen atoms in total. The molecule has 1 aromatic carbocycles. The van der Waals surface area contributed by atoms with Gasteiger partial charge in [-0.15, -0.1) is 0 Å². The van der Waals surface area contributed by atoms with E-state index in [1.165, 1.54) is 0 Å². The van der Waals surface area contributed by atoms with E-state index < -0.39 is 0 Å². The summed E-state index contributed by atoms with van der Waals surface area (Å²) in [5, 5.41) is 6.24. The first-order valence-electron chi connectivity index (χ1n) is 5.94. The highest BCUT2D eigenvalue weighted by Crippen LogP contribution is 2.28. The Kier molecular flexibility index (Phi) is 6.54. The van der Waals surface area contributed by atoms with Gasteiger partial charge < -0.3 is 15.4 Å². The molecule has 0 aliphatic heterocycles. The molecule has 0 atom stereocenters. The van der Waals surface area contributed by atoms with Crippen LogP contribution in [0.3, 0.4) is 0 Å². The summed E-state index contributed by atoms with van der Waals surface area (Å²) in [6, 6.07) is 5.66. The van der Waals surface area contributed by atoms with Gasteiger partial charge in [0.05, 0.1) is 11.6 Å². The molecule has 18 heavy (non-hydrogen) atoms. The summed E-state index contributed by atoms with van der Waals surface area (Å²) in [7, 11) is 3.50. The van der Waals surface area contributed by atoms with Crippen LogP contribution in [0.15, 0.2) is 18.2 Å². The number of hydrogen-bond donors (Lipinski definition) is 2. The molecule has 2 N–H and O–H groups in total. The first-order chi connectivity index (χ1) is 8.69. The maximum atomic E-state index is 11.1. The van der Waals surface area contributed by atoms with Gasteiger partial charge in [0.25, 0.3) is 0 Å². The van der Waals surface area contributed by atoms with Gasteiger partial charge in [-0.2, -0.15) is 0 Å². The van der Waals surface area contributed by atoms with E-state index in [2.05, 4.69) is 10.6 Å². The highest BCUT2D eigenvalue weighted by Gasteiger charge is 2.08. The molecule has 0 bridgehead atoms. The highest BCUT2D eigenvalue weighted by molar-refractivity contribution is 6.32. The number of benzene rings is 1. The molecule has 0 aliphatic carbocycles. The second-order valence-corrected chi connectivity index (χ2v) is 4.29. The maximum Gasteiger partial charge on any atom is 0.219 e. The minimum absolute atomic E-state index is 0.0215. The van der Waals surface area contributed by atoms with Crippen molar-refractivity contribution in [2.24, 2.45) is 0 Å². The smallest absolute Gasteiger partial charge is 0.219 e. The third kappa shape index (κ3) is 4.55. The van der Waals surface area contributed by atoms with Crippen LogP contribution >= 0.6 is 11.6 Å². The van der Waals surface area contributed by atoms with Crippen molar-refractivity contribution in [1.82, 2.24) is 10.6 Å². The zero-order valence-electron chi connectivity index (χ0n) is 10.8. The Labute approximate surface area is 113 Å². The minimum atomic E-state index is 0.0215. The van der Waals surface area contributed by atoms with Crippen LogP contribution in [-0.4, -0.2) is 26.6 Å². The van der Waals surface area contributed by atoms with Gasteiger partial charge in [-0.05, 0) is 19.5 Å². The minimum Gasteiger partial charge on any atom is -0.492 e. The van der Waals surface area contributed by atoms with E-state index in [-0.39, 0.29) is 5.91 Å². The van der Waals surface area contributed by atoms with Crippen LogP contribution in [0.2, 0.25) is 5.02 Å². The molecule has 1 rings (SSSR count). The summed E-state index contributed by atoms with van der Waals surface area (Å²) in [6.07, 6.45) is 1.13. The lowest BCUT2D eigenvalue weighted by molar-refractivity contribution is -0.120. The van der Waals surface area contributed by atoms with Gasteiger partial charge in [-0.1, -0.05) is 23.7 Å². The van der Waals surface area contributed by atoms with Crippen LogP contribution in [0, 0.1) is 0 Å². The van der Waals surface area contributed by atoms with Crippen molar-refractivity contribution in [3.8, 4) is 5.75 Å². The fourth-order valence-electron chi connectivity index (χ4n) is 1.58. The lowest BCUT2D eigenvalue weighted by Gasteiger charge is -2.12. The van der Waals surface area contributed by atoms with Crippen LogP contribution in [0.1, 0.15) is 18.4 Å². The van der Waals surface area contributed by atoms with Crippen molar-refractivity contribution >= 4 is 17.5 Å². The number of halogens is 1. The number of hydrogen-bond acceptors (Lipinski definition) is 3. The maximum absolute atomic E-state index is 11.1. The molecule has 1 amide bonds. The standard InChI is InChI=1S/C13H19ClN2O2/c1-15-9-10-5-3-6-11(14)13(10)18-8-4-7-12(17)16-2/h3,5-6,15H,4,7-9H2,1-2H3,(H,16,17). The Balaban J connectivity index is 2.52. The average molecular weight is 271 g/mol. The van der Waals surface area contributed by atoms with Gasteiger partial charge in [0, 0.05) is 25.6 Å². The molecule has 0 unspecified atom stereocenters. The van der Waals surface area contributed by atoms with E-state index >= 15 is 0 Å². The molecule has 0 saturated carbocycles. The molecule has 0 fully saturated rings. The van der Waals surface area contributed by atoms with Crippen molar-refractivity contribution in [2.45, 2.75) is 19.4 Å². The van der Waals surface area contributed by atoms with Gasteiger partial charge in [-0.3, -0.25) is 4.79 Å². The van der Waals surface area contributed by atoms with Gasteiger partial charge in [0.2, 0.25) is 5.91 Å². The first kappa shape index (κ1) is 14.8. The Bertz CT molecular complexity index is 397. The van der Waals surface area contributed by atoms with E-state index in [0.717, 1.165) is 5.56 Å². The number of nitrogens with one attached hydrogen (secondary N) is 2. The zero-order valence-corrected chi connectivity index (χ0v) is 11.5.